The molecule has 0 aliphatic heterocycles. The number of carbonyl (C=O) groups excluding carboxylic acids is 1. The quantitative estimate of drug-likeness (QED) is 0.459. The minimum atomic E-state index is -0.297. The van der Waals surface area contributed by atoms with Crippen molar-refractivity contribution in [2.75, 3.05) is 18.5 Å². The number of benzene rings is 2. The molecule has 2 amide bonds. The Balaban J connectivity index is 1.57. The molecule has 0 saturated carbocycles. The van der Waals surface area contributed by atoms with Gasteiger partial charge < -0.3 is 15.7 Å². The van der Waals surface area contributed by atoms with Gasteiger partial charge in [-0.3, -0.25) is 4.68 Å². The third kappa shape index (κ3) is 5.93. The Morgan fingerprint density at radius 3 is 2.47 bits per heavy atom. The lowest BCUT2D eigenvalue weighted by atomic mass is 10.0. The molecule has 2 aromatic carbocycles. The second-order valence-electron chi connectivity index (χ2n) is 7.40. The van der Waals surface area contributed by atoms with Crippen molar-refractivity contribution in [2.24, 2.45) is 5.92 Å². The van der Waals surface area contributed by atoms with Crippen molar-refractivity contribution in [1.82, 2.24) is 15.1 Å². The number of aliphatic hydroxyl groups excluding tert-OH is 1. The van der Waals surface area contributed by atoms with Gasteiger partial charge in [0.05, 0.1) is 23.6 Å². The average Bonchev–Trinajstić information content (AvgIpc) is 3.00. The number of nitrogens with zero attached hydrogens (tertiary/aromatic N) is 2. The topological polar surface area (TPSA) is 79.2 Å². The normalized spacial score (nSPS) is 11.9. The van der Waals surface area contributed by atoms with Crippen molar-refractivity contribution < 1.29 is 9.90 Å². The number of nitrogens with one attached hydrogen (secondary N) is 2. The summed E-state index contributed by atoms with van der Waals surface area (Å²) in [5.41, 5.74) is 4.66. The zero-order valence-corrected chi connectivity index (χ0v) is 18.8. The monoisotopic (exact) mass is 470 g/mol. The number of carbonyl (C=O) groups is 1. The van der Waals surface area contributed by atoms with Gasteiger partial charge in [-0.05, 0) is 43.5 Å². The molecule has 0 saturated heterocycles. The molecule has 3 rings (SSSR count). The predicted octanol–water partition coefficient (Wildman–Crippen LogP) is 4.28. The number of anilines is 1. The van der Waals surface area contributed by atoms with Crippen LogP contribution in [0.2, 0.25) is 0 Å². The summed E-state index contributed by atoms with van der Waals surface area (Å²) in [5, 5.41) is 20.0. The van der Waals surface area contributed by atoms with Crippen LogP contribution in [0.3, 0.4) is 0 Å². The molecule has 0 aliphatic carbocycles. The molecular weight excluding hydrogens is 444 g/mol. The summed E-state index contributed by atoms with van der Waals surface area (Å²) in [7, 11) is 0. The Morgan fingerprint density at radius 2 is 1.80 bits per heavy atom. The molecule has 7 heteroatoms. The second kappa shape index (κ2) is 10.4. The van der Waals surface area contributed by atoms with Gasteiger partial charge in [-0.1, -0.05) is 58.4 Å². The number of aryl methyl sites for hydroxylation is 1. The molecule has 1 heterocycles. The van der Waals surface area contributed by atoms with E-state index in [1.54, 1.807) is 0 Å². The number of aromatic nitrogens is 2. The molecule has 3 aromatic rings. The maximum Gasteiger partial charge on any atom is 0.319 e. The Hall–Kier alpha value is -2.64. The lowest BCUT2D eigenvalue weighted by Crippen LogP contribution is -2.35. The molecular formula is C23H27BrN4O2. The van der Waals surface area contributed by atoms with Gasteiger partial charge in [-0.2, -0.15) is 5.10 Å². The third-order valence-electron chi connectivity index (χ3n) is 5.04. The zero-order chi connectivity index (χ0) is 21.5. The van der Waals surface area contributed by atoms with Gasteiger partial charge in [0.2, 0.25) is 0 Å². The highest BCUT2D eigenvalue weighted by molar-refractivity contribution is 9.10. The van der Waals surface area contributed by atoms with E-state index in [4.69, 9.17) is 0 Å². The summed E-state index contributed by atoms with van der Waals surface area (Å²) in [6.07, 6.45) is 0.692. The van der Waals surface area contributed by atoms with Crippen LogP contribution in [0.15, 0.2) is 59.1 Å². The van der Waals surface area contributed by atoms with Crippen molar-refractivity contribution in [2.45, 2.75) is 26.8 Å². The first kappa shape index (κ1) is 22.1. The predicted molar refractivity (Wildman–Crippen MR) is 123 cm³/mol. The Bertz CT molecular complexity index is 971. The average molecular weight is 471 g/mol. The van der Waals surface area contributed by atoms with E-state index in [-0.39, 0.29) is 18.6 Å². The maximum absolute atomic E-state index is 12.5. The van der Waals surface area contributed by atoms with Crippen molar-refractivity contribution in [1.29, 1.82) is 0 Å². The van der Waals surface area contributed by atoms with Crippen LogP contribution in [0.1, 0.15) is 22.5 Å². The van der Waals surface area contributed by atoms with E-state index in [0.717, 1.165) is 32.7 Å². The zero-order valence-electron chi connectivity index (χ0n) is 17.2. The molecule has 158 valence electrons. The minimum Gasteiger partial charge on any atom is -0.396 e. The van der Waals surface area contributed by atoms with Gasteiger partial charge in [0.25, 0.3) is 0 Å². The highest BCUT2D eigenvalue weighted by Gasteiger charge is 2.16. The van der Waals surface area contributed by atoms with E-state index in [0.29, 0.717) is 19.5 Å². The molecule has 30 heavy (non-hydrogen) atoms. The van der Waals surface area contributed by atoms with Crippen molar-refractivity contribution >= 4 is 27.6 Å². The van der Waals surface area contributed by atoms with E-state index in [9.17, 15) is 9.90 Å². The molecule has 0 bridgehead atoms. The molecule has 0 aliphatic rings. The SMILES string of the molecule is Cc1nn(Cc2ccccc2)c(C)c1NC(=O)NCC(CO)Cc1ccc(Br)cc1. The smallest absolute Gasteiger partial charge is 0.319 e. The summed E-state index contributed by atoms with van der Waals surface area (Å²) in [4.78, 5) is 12.5. The van der Waals surface area contributed by atoms with Gasteiger partial charge in [-0.15, -0.1) is 0 Å². The molecule has 1 unspecified atom stereocenters. The van der Waals surface area contributed by atoms with Crippen molar-refractivity contribution in [3.05, 3.63) is 81.6 Å². The first-order valence-electron chi connectivity index (χ1n) is 9.94. The number of hydrogen-bond donors (Lipinski definition) is 3. The van der Waals surface area contributed by atoms with Crippen LogP contribution < -0.4 is 10.6 Å². The van der Waals surface area contributed by atoms with Crippen LogP contribution in [0.25, 0.3) is 0 Å². The minimum absolute atomic E-state index is 0.00338. The van der Waals surface area contributed by atoms with Gasteiger partial charge in [0.15, 0.2) is 0 Å². The van der Waals surface area contributed by atoms with E-state index >= 15 is 0 Å². The van der Waals surface area contributed by atoms with E-state index in [1.807, 2.05) is 61.0 Å². The fourth-order valence-electron chi connectivity index (χ4n) is 3.34. The first-order valence-corrected chi connectivity index (χ1v) is 10.7. The summed E-state index contributed by atoms with van der Waals surface area (Å²) < 4.78 is 2.91. The summed E-state index contributed by atoms with van der Waals surface area (Å²) in [6.45, 7) is 4.87. The fourth-order valence-corrected chi connectivity index (χ4v) is 3.60. The highest BCUT2D eigenvalue weighted by Crippen LogP contribution is 2.20. The molecule has 0 radical (unpaired) electrons. The van der Waals surface area contributed by atoms with Crippen molar-refractivity contribution in [3.63, 3.8) is 0 Å². The summed E-state index contributed by atoms with van der Waals surface area (Å²) in [6, 6.07) is 17.8. The largest absolute Gasteiger partial charge is 0.396 e. The molecule has 0 fully saturated rings. The lowest BCUT2D eigenvalue weighted by molar-refractivity contribution is 0.218. The molecule has 6 nitrogen and oxygen atoms in total. The molecule has 1 aromatic heterocycles. The number of urea groups is 1. The summed E-state index contributed by atoms with van der Waals surface area (Å²) in [5.74, 6) is -0.0556. The molecule has 0 spiro atoms. The van der Waals surface area contributed by atoms with E-state index < -0.39 is 0 Å². The number of halogens is 1. The van der Waals surface area contributed by atoms with Crippen LogP contribution in [-0.2, 0) is 13.0 Å². The molecule has 3 N–H and O–H groups in total. The molecule has 1 atom stereocenters. The van der Waals surface area contributed by atoms with Crippen LogP contribution in [0.5, 0.6) is 0 Å². The van der Waals surface area contributed by atoms with Crippen molar-refractivity contribution in [3.8, 4) is 0 Å². The van der Waals surface area contributed by atoms with E-state index in [2.05, 4.69) is 43.8 Å². The number of hydrogen-bond acceptors (Lipinski definition) is 3. The fraction of sp³-hybridized carbons (Fsp3) is 0.304. The van der Waals surface area contributed by atoms with E-state index in [1.165, 1.54) is 0 Å². The maximum atomic E-state index is 12.5. The standard InChI is InChI=1S/C23H27BrN4O2/c1-16-22(17(2)28(27-16)14-19-6-4-3-5-7-19)26-23(30)25-13-20(15-29)12-18-8-10-21(24)11-9-18/h3-11,20,29H,12-15H2,1-2H3,(H2,25,26,30). The van der Waals surface area contributed by atoms with Gasteiger partial charge in [-0.25, -0.2) is 4.79 Å². The second-order valence-corrected chi connectivity index (χ2v) is 8.32. The Labute approximate surface area is 185 Å². The van der Waals surface area contributed by atoms with Gasteiger partial charge in [0.1, 0.15) is 0 Å². The highest BCUT2D eigenvalue weighted by atomic mass is 79.9. The lowest BCUT2D eigenvalue weighted by Gasteiger charge is -2.16. The third-order valence-corrected chi connectivity index (χ3v) is 5.57. The van der Waals surface area contributed by atoms with Gasteiger partial charge in [0, 0.05) is 23.5 Å². The van der Waals surface area contributed by atoms with Crippen LogP contribution in [0.4, 0.5) is 10.5 Å². The number of amides is 2. The number of rotatable bonds is 8. The Morgan fingerprint density at radius 1 is 1.10 bits per heavy atom. The number of aliphatic hydroxyl groups is 1. The first-order chi connectivity index (χ1) is 14.5. The van der Waals surface area contributed by atoms with Gasteiger partial charge >= 0.3 is 6.03 Å². The van der Waals surface area contributed by atoms with Crippen LogP contribution >= 0.6 is 15.9 Å². The summed E-state index contributed by atoms with van der Waals surface area (Å²) >= 11 is 3.42. The van der Waals surface area contributed by atoms with Crippen LogP contribution in [0, 0.1) is 19.8 Å². The van der Waals surface area contributed by atoms with Crippen LogP contribution in [-0.4, -0.2) is 34.1 Å². The Kier molecular flexibility index (Phi) is 7.65.